The summed E-state index contributed by atoms with van der Waals surface area (Å²) in [5.74, 6) is 0.740. The molecular formula is C11H17ClN4O. The minimum Gasteiger partial charge on any atom is -0.347 e. The summed E-state index contributed by atoms with van der Waals surface area (Å²) in [6.07, 6.45) is 1.41. The van der Waals surface area contributed by atoms with Gasteiger partial charge in [0.25, 0.3) is 0 Å². The minimum absolute atomic E-state index is 0.0287. The van der Waals surface area contributed by atoms with Crippen molar-refractivity contribution < 1.29 is 4.79 Å². The zero-order valence-electron chi connectivity index (χ0n) is 10.6. The molecule has 0 aliphatic rings. The Kier molecular flexibility index (Phi) is 4.69. The molecule has 17 heavy (non-hydrogen) atoms. The van der Waals surface area contributed by atoms with Crippen LogP contribution in [0.3, 0.4) is 0 Å². The zero-order valence-corrected chi connectivity index (χ0v) is 11.3. The summed E-state index contributed by atoms with van der Waals surface area (Å²) in [4.78, 5) is 23.2. The van der Waals surface area contributed by atoms with E-state index in [9.17, 15) is 4.79 Å². The second-order valence-electron chi connectivity index (χ2n) is 3.92. The summed E-state index contributed by atoms with van der Waals surface area (Å²) < 4.78 is 0. The molecule has 0 saturated heterocycles. The number of hydrogen-bond donors (Lipinski definition) is 0. The van der Waals surface area contributed by atoms with Gasteiger partial charge in [0.15, 0.2) is 0 Å². The SMILES string of the molecule is CCN(CC(=O)N(C)C)c1ncnc(Cl)c1C. The standard InChI is InChI=1S/C11H17ClN4O/c1-5-16(6-9(17)15(3)4)11-8(2)10(12)13-7-14-11/h7H,5-6H2,1-4H3. The number of rotatable bonds is 4. The molecule has 0 radical (unpaired) electrons. The molecule has 0 aliphatic carbocycles. The van der Waals surface area contributed by atoms with Gasteiger partial charge in [-0.25, -0.2) is 9.97 Å². The molecule has 1 aromatic rings. The second kappa shape index (κ2) is 5.82. The van der Waals surface area contributed by atoms with Crippen molar-refractivity contribution in [2.75, 3.05) is 32.1 Å². The van der Waals surface area contributed by atoms with Gasteiger partial charge in [0.05, 0.1) is 6.54 Å². The third kappa shape index (κ3) is 3.30. The van der Waals surface area contributed by atoms with Crippen LogP contribution in [0, 0.1) is 6.92 Å². The van der Waals surface area contributed by atoms with Crippen LogP contribution >= 0.6 is 11.6 Å². The average molecular weight is 257 g/mol. The number of halogens is 1. The van der Waals surface area contributed by atoms with Gasteiger partial charge in [-0.3, -0.25) is 4.79 Å². The van der Waals surface area contributed by atoms with Crippen LogP contribution < -0.4 is 4.90 Å². The third-order valence-corrected chi connectivity index (χ3v) is 2.88. The Bertz CT molecular complexity index is 408. The van der Waals surface area contributed by atoms with Crippen molar-refractivity contribution in [2.45, 2.75) is 13.8 Å². The number of likely N-dealkylation sites (N-methyl/N-ethyl adjacent to an activating group) is 2. The molecule has 1 heterocycles. The van der Waals surface area contributed by atoms with Crippen molar-refractivity contribution in [1.82, 2.24) is 14.9 Å². The number of anilines is 1. The Morgan fingerprint density at radius 1 is 1.41 bits per heavy atom. The normalized spacial score (nSPS) is 10.2. The summed E-state index contributed by atoms with van der Waals surface area (Å²) in [5.41, 5.74) is 0.794. The molecule has 1 rings (SSSR count). The summed E-state index contributed by atoms with van der Waals surface area (Å²) in [7, 11) is 3.46. The lowest BCUT2D eigenvalue weighted by atomic mass is 10.3. The Balaban J connectivity index is 2.94. The first kappa shape index (κ1) is 13.7. The van der Waals surface area contributed by atoms with Gasteiger partial charge in [-0.15, -0.1) is 0 Å². The largest absolute Gasteiger partial charge is 0.347 e. The van der Waals surface area contributed by atoms with E-state index in [1.165, 1.54) is 6.33 Å². The Morgan fingerprint density at radius 3 is 2.59 bits per heavy atom. The minimum atomic E-state index is 0.0287. The molecule has 0 saturated carbocycles. The third-order valence-electron chi connectivity index (χ3n) is 2.50. The molecule has 0 aliphatic heterocycles. The first-order valence-electron chi connectivity index (χ1n) is 5.39. The van der Waals surface area contributed by atoms with Crippen molar-refractivity contribution >= 4 is 23.3 Å². The molecular weight excluding hydrogens is 240 g/mol. The maximum absolute atomic E-state index is 11.7. The monoisotopic (exact) mass is 256 g/mol. The lowest BCUT2D eigenvalue weighted by Gasteiger charge is -2.24. The van der Waals surface area contributed by atoms with Crippen LogP contribution in [-0.2, 0) is 4.79 Å². The zero-order chi connectivity index (χ0) is 13.0. The van der Waals surface area contributed by atoms with E-state index in [-0.39, 0.29) is 12.5 Å². The van der Waals surface area contributed by atoms with Crippen LogP contribution in [0.25, 0.3) is 0 Å². The van der Waals surface area contributed by atoms with E-state index in [1.54, 1.807) is 19.0 Å². The van der Waals surface area contributed by atoms with E-state index in [2.05, 4.69) is 9.97 Å². The Morgan fingerprint density at radius 2 is 2.06 bits per heavy atom. The smallest absolute Gasteiger partial charge is 0.241 e. The van der Waals surface area contributed by atoms with Crippen molar-refractivity contribution in [3.8, 4) is 0 Å². The van der Waals surface area contributed by atoms with Crippen LogP contribution in [0.2, 0.25) is 5.15 Å². The summed E-state index contributed by atoms with van der Waals surface area (Å²) in [5, 5.41) is 0.422. The Hall–Kier alpha value is -1.36. The van der Waals surface area contributed by atoms with Gasteiger partial charge in [0.1, 0.15) is 17.3 Å². The molecule has 0 bridgehead atoms. The Labute approximate surface area is 106 Å². The van der Waals surface area contributed by atoms with Crippen molar-refractivity contribution in [3.63, 3.8) is 0 Å². The molecule has 0 atom stereocenters. The van der Waals surface area contributed by atoms with E-state index >= 15 is 0 Å². The molecule has 0 fully saturated rings. The van der Waals surface area contributed by atoms with E-state index < -0.39 is 0 Å². The highest BCUT2D eigenvalue weighted by atomic mass is 35.5. The van der Waals surface area contributed by atoms with Crippen LogP contribution in [0.4, 0.5) is 5.82 Å². The summed E-state index contributed by atoms with van der Waals surface area (Å²) in [6.45, 7) is 4.80. The number of nitrogens with zero attached hydrogens (tertiary/aromatic N) is 4. The lowest BCUT2D eigenvalue weighted by molar-refractivity contribution is -0.127. The number of amides is 1. The molecule has 0 N–H and O–H groups in total. The fraction of sp³-hybridized carbons (Fsp3) is 0.545. The summed E-state index contributed by atoms with van der Waals surface area (Å²) in [6, 6.07) is 0. The van der Waals surface area contributed by atoms with Crippen LogP contribution in [-0.4, -0.2) is 48.0 Å². The topological polar surface area (TPSA) is 49.3 Å². The van der Waals surface area contributed by atoms with Crippen LogP contribution in [0.15, 0.2) is 6.33 Å². The van der Waals surface area contributed by atoms with Gasteiger partial charge in [-0.1, -0.05) is 11.6 Å². The fourth-order valence-corrected chi connectivity index (χ4v) is 1.51. The van der Waals surface area contributed by atoms with Crippen LogP contribution in [0.5, 0.6) is 0 Å². The molecule has 6 heteroatoms. The number of aromatic nitrogens is 2. The highest BCUT2D eigenvalue weighted by Gasteiger charge is 2.16. The number of carbonyl (C=O) groups is 1. The molecule has 1 amide bonds. The molecule has 5 nitrogen and oxygen atoms in total. The molecule has 94 valence electrons. The second-order valence-corrected chi connectivity index (χ2v) is 4.27. The predicted molar refractivity (Wildman–Crippen MR) is 68.4 cm³/mol. The summed E-state index contributed by atoms with van der Waals surface area (Å²) >= 11 is 5.94. The number of hydrogen-bond acceptors (Lipinski definition) is 4. The fourth-order valence-electron chi connectivity index (χ4n) is 1.38. The van der Waals surface area contributed by atoms with E-state index in [1.807, 2.05) is 18.7 Å². The highest BCUT2D eigenvalue weighted by Crippen LogP contribution is 2.21. The lowest BCUT2D eigenvalue weighted by Crippen LogP contribution is -2.37. The van der Waals surface area contributed by atoms with Gasteiger partial charge in [0, 0.05) is 26.2 Å². The molecule has 1 aromatic heterocycles. The van der Waals surface area contributed by atoms with E-state index in [4.69, 9.17) is 11.6 Å². The quantitative estimate of drug-likeness (QED) is 0.763. The maximum atomic E-state index is 11.7. The van der Waals surface area contributed by atoms with Gasteiger partial charge < -0.3 is 9.80 Å². The molecule has 0 aromatic carbocycles. The average Bonchev–Trinajstić information content (AvgIpc) is 2.29. The van der Waals surface area contributed by atoms with Gasteiger partial charge in [0.2, 0.25) is 5.91 Å². The number of carbonyl (C=O) groups excluding carboxylic acids is 1. The van der Waals surface area contributed by atoms with E-state index in [0.29, 0.717) is 17.5 Å². The predicted octanol–water partition coefficient (Wildman–Crippen LogP) is 1.35. The van der Waals surface area contributed by atoms with Crippen molar-refractivity contribution in [2.24, 2.45) is 0 Å². The van der Waals surface area contributed by atoms with Crippen molar-refractivity contribution in [1.29, 1.82) is 0 Å². The van der Waals surface area contributed by atoms with Gasteiger partial charge in [-0.2, -0.15) is 0 Å². The van der Waals surface area contributed by atoms with Crippen molar-refractivity contribution in [3.05, 3.63) is 17.0 Å². The first-order chi connectivity index (χ1) is 7.97. The molecule has 0 unspecified atom stereocenters. The maximum Gasteiger partial charge on any atom is 0.241 e. The van der Waals surface area contributed by atoms with Gasteiger partial charge in [-0.05, 0) is 13.8 Å². The van der Waals surface area contributed by atoms with Crippen LogP contribution in [0.1, 0.15) is 12.5 Å². The first-order valence-corrected chi connectivity index (χ1v) is 5.77. The molecule has 0 spiro atoms. The van der Waals surface area contributed by atoms with E-state index in [0.717, 1.165) is 5.56 Å². The highest BCUT2D eigenvalue weighted by molar-refractivity contribution is 6.30. The van der Waals surface area contributed by atoms with Gasteiger partial charge >= 0.3 is 0 Å².